The van der Waals surface area contributed by atoms with E-state index in [-0.39, 0.29) is 0 Å². The van der Waals surface area contributed by atoms with Crippen molar-refractivity contribution >= 4 is 11.8 Å². The molecule has 2 atom stereocenters. The summed E-state index contributed by atoms with van der Waals surface area (Å²) >= 11 is 1.98. The van der Waals surface area contributed by atoms with Crippen molar-refractivity contribution in [2.24, 2.45) is 5.92 Å². The van der Waals surface area contributed by atoms with Gasteiger partial charge in [0.25, 0.3) is 0 Å². The summed E-state index contributed by atoms with van der Waals surface area (Å²) in [7, 11) is 0. The van der Waals surface area contributed by atoms with Gasteiger partial charge in [-0.3, -0.25) is 0 Å². The Balaban J connectivity index is 1.94. The molecule has 1 aliphatic rings. The first-order valence-corrected chi connectivity index (χ1v) is 8.49. The largest absolute Gasteiger partial charge is 0.310 e. The molecule has 0 aromatic carbocycles. The maximum Gasteiger partial charge on any atom is 0.165 e. The van der Waals surface area contributed by atoms with Crippen LogP contribution >= 0.6 is 11.8 Å². The van der Waals surface area contributed by atoms with E-state index in [1.165, 1.54) is 25.7 Å². The predicted octanol–water partition coefficient (Wildman–Crippen LogP) is 2.27. The molecule has 2 unspecified atom stereocenters. The summed E-state index contributed by atoms with van der Waals surface area (Å²) < 4.78 is 2.05. The van der Waals surface area contributed by atoms with Crippen LogP contribution in [0.2, 0.25) is 0 Å². The van der Waals surface area contributed by atoms with Crippen molar-refractivity contribution in [3.8, 4) is 0 Å². The fourth-order valence-corrected chi connectivity index (χ4v) is 3.46. The molecule has 1 aromatic rings. The Bertz CT molecular complexity index is 379. The molecule has 2 rings (SSSR count). The summed E-state index contributed by atoms with van der Waals surface area (Å²) in [5.41, 5.74) is 0. The van der Waals surface area contributed by atoms with E-state index in [0.29, 0.717) is 12.0 Å². The van der Waals surface area contributed by atoms with Crippen molar-refractivity contribution in [2.75, 3.05) is 12.8 Å². The number of tetrazole rings is 1. The minimum Gasteiger partial charge on any atom is -0.310 e. The van der Waals surface area contributed by atoms with Crippen LogP contribution in [0.1, 0.15) is 51.4 Å². The second kappa shape index (κ2) is 7.24. The highest BCUT2D eigenvalue weighted by Crippen LogP contribution is 2.33. The third kappa shape index (κ3) is 4.18. The molecule has 1 heterocycles. The zero-order valence-electron chi connectivity index (χ0n) is 12.2. The summed E-state index contributed by atoms with van der Waals surface area (Å²) in [4.78, 5) is 0. The van der Waals surface area contributed by atoms with Crippen LogP contribution in [0, 0.1) is 5.92 Å². The average Bonchev–Trinajstić information content (AvgIpc) is 2.87. The highest BCUT2D eigenvalue weighted by atomic mass is 32.2. The van der Waals surface area contributed by atoms with Gasteiger partial charge in [0, 0.05) is 5.25 Å². The van der Waals surface area contributed by atoms with Gasteiger partial charge in [0.15, 0.2) is 5.82 Å². The average molecular weight is 283 g/mol. The molecule has 1 aromatic heterocycles. The minimum atomic E-state index is 0.483. The lowest BCUT2D eigenvalue weighted by Gasteiger charge is -2.28. The maximum absolute atomic E-state index is 4.21. The van der Waals surface area contributed by atoms with Crippen LogP contribution in [-0.4, -0.2) is 38.3 Å². The number of nitrogens with one attached hydrogen (secondary N) is 1. The van der Waals surface area contributed by atoms with E-state index >= 15 is 0 Å². The van der Waals surface area contributed by atoms with Crippen molar-refractivity contribution in [3.63, 3.8) is 0 Å². The molecule has 0 saturated heterocycles. The number of thioether (sulfide) groups is 1. The maximum atomic E-state index is 4.21. The van der Waals surface area contributed by atoms with Gasteiger partial charge in [0.1, 0.15) is 0 Å². The molecule has 1 N–H and O–H groups in total. The van der Waals surface area contributed by atoms with E-state index in [9.17, 15) is 0 Å². The molecule has 19 heavy (non-hydrogen) atoms. The summed E-state index contributed by atoms with van der Waals surface area (Å²) in [6.45, 7) is 6.19. The summed E-state index contributed by atoms with van der Waals surface area (Å²) in [6.07, 6.45) is 7.23. The Morgan fingerprint density at radius 1 is 1.42 bits per heavy atom. The molecular weight excluding hydrogens is 258 g/mol. The fraction of sp³-hybridized carbons (Fsp3) is 0.923. The highest BCUT2D eigenvalue weighted by molar-refractivity contribution is 7.99. The third-order valence-corrected chi connectivity index (χ3v) is 4.77. The first-order valence-electron chi connectivity index (χ1n) is 7.21. The van der Waals surface area contributed by atoms with E-state index in [2.05, 4.69) is 45.6 Å². The van der Waals surface area contributed by atoms with Crippen molar-refractivity contribution in [1.82, 2.24) is 25.5 Å². The molecule has 0 spiro atoms. The van der Waals surface area contributed by atoms with Gasteiger partial charge in [-0.25, -0.2) is 4.68 Å². The van der Waals surface area contributed by atoms with Crippen molar-refractivity contribution in [1.29, 1.82) is 0 Å². The van der Waals surface area contributed by atoms with Crippen LogP contribution in [0.4, 0.5) is 0 Å². The Labute approximate surface area is 119 Å². The molecular formula is C13H25N5S. The standard InChI is InChI=1S/C13H25N5S/c1-10(2)8-14-9-13-15-16-17-18(13)11-5-4-6-12(7-11)19-3/h10-12,14H,4-9H2,1-3H3. The number of nitrogens with zero attached hydrogens (tertiary/aromatic N) is 4. The summed E-state index contributed by atoms with van der Waals surface area (Å²) in [5, 5.41) is 16.4. The summed E-state index contributed by atoms with van der Waals surface area (Å²) in [5.74, 6) is 1.63. The van der Waals surface area contributed by atoms with E-state index < -0.39 is 0 Å². The van der Waals surface area contributed by atoms with Gasteiger partial charge >= 0.3 is 0 Å². The van der Waals surface area contributed by atoms with Gasteiger partial charge in [-0.1, -0.05) is 20.3 Å². The third-order valence-electron chi connectivity index (χ3n) is 3.67. The lowest BCUT2D eigenvalue weighted by atomic mass is 9.95. The molecule has 0 amide bonds. The van der Waals surface area contributed by atoms with Crippen molar-refractivity contribution < 1.29 is 0 Å². The smallest absolute Gasteiger partial charge is 0.165 e. The molecule has 0 aliphatic heterocycles. The lowest BCUT2D eigenvalue weighted by Crippen LogP contribution is -2.26. The van der Waals surface area contributed by atoms with E-state index in [4.69, 9.17) is 0 Å². The van der Waals surface area contributed by atoms with Crippen LogP contribution < -0.4 is 5.32 Å². The molecule has 1 aliphatic carbocycles. The molecule has 5 nitrogen and oxygen atoms in total. The first-order chi connectivity index (χ1) is 9.20. The number of aromatic nitrogens is 4. The Kier molecular flexibility index (Phi) is 5.63. The monoisotopic (exact) mass is 283 g/mol. The zero-order valence-corrected chi connectivity index (χ0v) is 13.0. The minimum absolute atomic E-state index is 0.483. The normalized spacial score (nSPS) is 24.0. The fourth-order valence-electron chi connectivity index (χ4n) is 2.64. The molecule has 0 radical (unpaired) electrons. The molecule has 6 heteroatoms. The molecule has 1 fully saturated rings. The van der Waals surface area contributed by atoms with Crippen molar-refractivity contribution in [3.05, 3.63) is 5.82 Å². The van der Waals surface area contributed by atoms with E-state index in [0.717, 1.165) is 24.2 Å². The second-order valence-electron chi connectivity index (χ2n) is 5.74. The predicted molar refractivity (Wildman–Crippen MR) is 79.2 cm³/mol. The van der Waals surface area contributed by atoms with Crippen LogP contribution in [-0.2, 0) is 6.54 Å². The van der Waals surface area contributed by atoms with E-state index in [1.807, 2.05) is 11.8 Å². The number of hydrogen-bond acceptors (Lipinski definition) is 5. The molecule has 0 bridgehead atoms. The molecule has 108 valence electrons. The van der Waals surface area contributed by atoms with Crippen LogP contribution in [0.5, 0.6) is 0 Å². The van der Waals surface area contributed by atoms with Crippen LogP contribution in [0.15, 0.2) is 0 Å². The number of rotatable bonds is 6. The first kappa shape index (κ1) is 14.8. The van der Waals surface area contributed by atoms with Gasteiger partial charge in [0.2, 0.25) is 0 Å². The van der Waals surface area contributed by atoms with Gasteiger partial charge in [-0.2, -0.15) is 11.8 Å². The zero-order chi connectivity index (χ0) is 13.7. The molecule has 1 saturated carbocycles. The van der Waals surface area contributed by atoms with Crippen molar-refractivity contribution in [2.45, 2.75) is 57.4 Å². The van der Waals surface area contributed by atoms with Gasteiger partial charge < -0.3 is 5.32 Å². The second-order valence-corrected chi connectivity index (χ2v) is 6.88. The van der Waals surface area contributed by atoms with Gasteiger partial charge in [-0.15, -0.1) is 5.10 Å². The lowest BCUT2D eigenvalue weighted by molar-refractivity contribution is 0.320. The van der Waals surface area contributed by atoms with E-state index in [1.54, 1.807) is 0 Å². The van der Waals surface area contributed by atoms with Gasteiger partial charge in [-0.05, 0) is 48.4 Å². The van der Waals surface area contributed by atoms with Crippen LogP contribution in [0.3, 0.4) is 0 Å². The Morgan fingerprint density at radius 3 is 3.00 bits per heavy atom. The number of hydrogen-bond donors (Lipinski definition) is 1. The quantitative estimate of drug-likeness (QED) is 0.868. The van der Waals surface area contributed by atoms with Gasteiger partial charge in [0.05, 0.1) is 12.6 Å². The summed E-state index contributed by atoms with van der Waals surface area (Å²) in [6, 6.07) is 0.483. The Morgan fingerprint density at radius 2 is 2.26 bits per heavy atom. The Hall–Kier alpha value is -0.620. The topological polar surface area (TPSA) is 55.6 Å². The van der Waals surface area contributed by atoms with Crippen LogP contribution in [0.25, 0.3) is 0 Å². The SMILES string of the molecule is CSC1CCCC(n2nnnc2CNCC(C)C)C1. The highest BCUT2D eigenvalue weighted by Gasteiger charge is 2.25.